The second-order valence-corrected chi connectivity index (χ2v) is 10.4. The molecule has 2 N–H and O–H groups in total. The Morgan fingerprint density at radius 1 is 1.11 bits per heavy atom. The largest absolute Gasteiger partial charge is 0.481 e. The molecule has 0 spiro atoms. The predicted molar refractivity (Wildman–Crippen MR) is 139 cm³/mol. The van der Waals surface area contributed by atoms with Crippen LogP contribution in [0, 0.1) is 11.8 Å². The third-order valence-electron chi connectivity index (χ3n) is 6.48. The van der Waals surface area contributed by atoms with Gasteiger partial charge in [0.2, 0.25) is 11.8 Å². The first-order chi connectivity index (χ1) is 17.7. The summed E-state index contributed by atoms with van der Waals surface area (Å²) in [5.74, 6) is 7.99. The number of carbonyl (C=O) groups is 1. The fraction of sp³-hybridized carbons (Fsp3) is 0.481. The van der Waals surface area contributed by atoms with Gasteiger partial charge in [-0.1, -0.05) is 5.92 Å². The van der Waals surface area contributed by atoms with Crippen LogP contribution in [0.25, 0.3) is 10.9 Å². The van der Waals surface area contributed by atoms with Crippen LogP contribution >= 0.6 is 0 Å². The van der Waals surface area contributed by atoms with Crippen molar-refractivity contribution < 1.29 is 19.0 Å². The highest BCUT2D eigenvalue weighted by Crippen LogP contribution is 2.45. The number of likely N-dealkylation sites (tertiary alicyclic amines) is 1. The fourth-order valence-corrected chi connectivity index (χ4v) is 4.59. The summed E-state index contributed by atoms with van der Waals surface area (Å²) in [6.45, 7) is 6.71. The molecule has 1 saturated carbocycles. The number of amides is 1. The van der Waals surface area contributed by atoms with E-state index in [2.05, 4.69) is 21.8 Å². The summed E-state index contributed by atoms with van der Waals surface area (Å²) in [6.07, 6.45) is 4.53. The van der Waals surface area contributed by atoms with Crippen LogP contribution in [0.4, 0.5) is 10.6 Å². The molecule has 2 aliphatic rings. The highest BCUT2D eigenvalue weighted by atomic mass is 16.6. The Labute approximate surface area is 216 Å². The van der Waals surface area contributed by atoms with Crippen LogP contribution < -0.4 is 15.2 Å². The van der Waals surface area contributed by atoms with Crippen molar-refractivity contribution in [1.29, 1.82) is 0 Å². The molecule has 1 aliphatic carbocycles. The van der Waals surface area contributed by atoms with Crippen molar-refractivity contribution in [2.45, 2.75) is 57.6 Å². The number of anilines is 1. The van der Waals surface area contributed by atoms with Crippen molar-refractivity contribution in [3.63, 3.8) is 0 Å². The Kier molecular flexibility index (Phi) is 6.31. The van der Waals surface area contributed by atoms with Crippen molar-refractivity contribution in [3.8, 4) is 23.6 Å². The predicted octanol–water partition coefficient (Wildman–Crippen LogP) is 3.88. The molecule has 0 aromatic carbocycles. The van der Waals surface area contributed by atoms with Gasteiger partial charge in [0.15, 0.2) is 0 Å². The number of methoxy groups -OCH3 is 2. The molecular weight excluding hydrogens is 472 g/mol. The summed E-state index contributed by atoms with van der Waals surface area (Å²) in [4.78, 5) is 23.2. The molecule has 0 radical (unpaired) electrons. The summed E-state index contributed by atoms with van der Waals surface area (Å²) >= 11 is 0. The SMILES string of the molecule is COc1cc(C#Cc2nn([C@H]3CCN(C(=O)OC(C)(C)C)C3)c3c(C4CC4)cnc(N)c23)cc(OC)n1. The van der Waals surface area contributed by atoms with Gasteiger partial charge < -0.3 is 24.8 Å². The molecule has 3 aromatic rings. The van der Waals surface area contributed by atoms with Gasteiger partial charge in [0.05, 0.1) is 31.2 Å². The molecule has 194 valence electrons. The molecule has 1 saturated heterocycles. The summed E-state index contributed by atoms with van der Waals surface area (Å²) in [5.41, 5.74) is 9.16. The monoisotopic (exact) mass is 504 g/mol. The van der Waals surface area contributed by atoms with Crippen molar-refractivity contribution in [2.24, 2.45) is 0 Å². The molecule has 3 aromatic heterocycles. The smallest absolute Gasteiger partial charge is 0.410 e. The number of fused-ring (bicyclic) bond motifs is 1. The average molecular weight is 505 g/mol. The molecule has 4 heterocycles. The van der Waals surface area contributed by atoms with Gasteiger partial charge in [-0.3, -0.25) is 4.68 Å². The molecule has 1 aliphatic heterocycles. The van der Waals surface area contributed by atoms with Crippen molar-refractivity contribution in [2.75, 3.05) is 33.0 Å². The zero-order valence-electron chi connectivity index (χ0n) is 21.9. The first-order valence-electron chi connectivity index (χ1n) is 12.4. The van der Waals surface area contributed by atoms with E-state index in [0.29, 0.717) is 47.8 Å². The second-order valence-electron chi connectivity index (χ2n) is 10.4. The van der Waals surface area contributed by atoms with E-state index in [1.54, 1.807) is 31.3 Å². The Morgan fingerprint density at radius 2 is 1.81 bits per heavy atom. The number of pyridine rings is 2. The van der Waals surface area contributed by atoms with Gasteiger partial charge in [-0.25, -0.2) is 9.78 Å². The highest BCUT2D eigenvalue weighted by Gasteiger charge is 2.35. The fourth-order valence-electron chi connectivity index (χ4n) is 4.59. The van der Waals surface area contributed by atoms with Crippen LogP contribution in [0.1, 0.15) is 68.8 Å². The van der Waals surface area contributed by atoms with E-state index in [-0.39, 0.29) is 12.1 Å². The number of carbonyl (C=O) groups excluding carboxylic acids is 1. The van der Waals surface area contributed by atoms with Gasteiger partial charge in [-0.2, -0.15) is 10.1 Å². The lowest BCUT2D eigenvalue weighted by atomic mass is 10.1. The number of nitrogen functional groups attached to an aromatic ring is 1. The maximum atomic E-state index is 12.7. The molecule has 37 heavy (non-hydrogen) atoms. The van der Waals surface area contributed by atoms with Crippen LogP contribution in [-0.2, 0) is 4.74 Å². The molecule has 10 heteroatoms. The van der Waals surface area contributed by atoms with E-state index in [4.69, 9.17) is 25.0 Å². The zero-order valence-corrected chi connectivity index (χ0v) is 21.9. The minimum atomic E-state index is -0.548. The molecule has 0 unspecified atom stereocenters. The second kappa shape index (κ2) is 9.47. The lowest BCUT2D eigenvalue weighted by molar-refractivity contribution is 0.0288. The van der Waals surface area contributed by atoms with Gasteiger partial charge in [0.1, 0.15) is 17.1 Å². The maximum absolute atomic E-state index is 12.7. The van der Waals surface area contributed by atoms with Gasteiger partial charge in [-0.05, 0) is 57.4 Å². The lowest BCUT2D eigenvalue weighted by Crippen LogP contribution is -2.35. The Bertz CT molecular complexity index is 1390. The number of hydrogen-bond acceptors (Lipinski definition) is 8. The first kappa shape index (κ1) is 24.7. The highest BCUT2D eigenvalue weighted by molar-refractivity contribution is 5.95. The summed E-state index contributed by atoms with van der Waals surface area (Å²) < 4.78 is 18.1. The minimum absolute atomic E-state index is 0.0222. The van der Waals surface area contributed by atoms with Crippen molar-refractivity contribution in [1.82, 2.24) is 24.6 Å². The van der Waals surface area contributed by atoms with Crippen molar-refractivity contribution >= 4 is 22.8 Å². The zero-order chi connectivity index (χ0) is 26.3. The van der Waals surface area contributed by atoms with E-state index >= 15 is 0 Å². The molecule has 10 nitrogen and oxygen atoms in total. The normalized spacial score (nSPS) is 17.4. The molecular formula is C27H32N6O4. The van der Waals surface area contributed by atoms with Crippen LogP contribution in [0.2, 0.25) is 0 Å². The molecule has 0 bridgehead atoms. The number of nitrogens with two attached hydrogens (primary N) is 1. The Balaban J connectivity index is 1.55. The number of hydrogen-bond donors (Lipinski definition) is 1. The Morgan fingerprint density at radius 3 is 2.43 bits per heavy atom. The van der Waals surface area contributed by atoms with E-state index in [9.17, 15) is 4.79 Å². The van der Waals surface area contributed by atoms with Crippen molar-refractivity contribution in [3.05, 3.63) is 35.2 Å². The maximum Gasteiger partial charge on any atom is 0.410 e. The van der Waals surface area contributed by atoms with Crippen LogP contribution in [0.15, 0.2) is 18.3 Å². The topological polar surface area (TPSA) is 118 Å². The van der Waals surface area contributed by atoms with Gasteiger partial charge in [0.25, 0.3) is 0 Å². The summed E-state index contributed by atoms with van der Waals surface area (Å²) in [5, 5.41) is 5.69. The van der Waals surface area contributed by atoms with E-state index < -0.39 is 5.60 Å². The Hall–Kier alpha value is -4.00. The van der Waals surface area contributed by atoms with Gasteiger partial charge in [0, 0.05) is 37.0 Å². The third-order valence-corrected chi connectivity index (χ3v) is 6.48. The molecule has 2 fully saturated rings. The standard InChI is InChI=1S/C27H32N6O4/c1-27(2,3)37-26(34)32-11-10-18(15-32)33-24-19(17-7-8-17)14-29-25(28)23(24)20(31-33)9-6-16-12-21(35-4)30-22(13-16)36-5/h12-14,17-18H,7-8,10-11,15H2,1-5H3,(H2,28,29)/t18-/m0/s1. The van der Waals surface area contributed by atoms with E-state index in [1.807, 2.05) is 31.6 Å². The number of ether oxygens (including phenoxy) is 3. The third kappa shape index (κ3) is 5.12. The average Bonchev–Trinajstić information content (AvgIpc) is 3.44. The molecule has 5 rings (SSSR count). The first-order valence-corrected chi connectivity index (χ1v) is 12.4. The lowest BCUT2D eigenvalue weighted by Gasteiger charge is -2.24. The molecule has 1 amide bonds. The van der Waals surface area contributed by atoms with Crippen LogP contribution in [-0.4, -0.2) is 63.7 Å². The summed E-state index contributed by atoms with van der Waals surface area (Å²) in [7, 11) is 3.09. The van der Waals surface area contributed by atoms with Crippen LogP contribution in [0.3, 0.4) is 0 Å². The number of rotatable bonds is 4. The van der Waals surface area contributed by atoms with Gasteiger partial charge in [-0.15, -0.1) is 0 Å². The number of nitrogens with zero attached hydrogens (tertiary/aromatic N) is 5. The van der Waals surface area contributed by atoms with E-state index in [1.165, 1.54) is 0 Å². The number of aromatic nitrogens is 4. The van der Waals surface area contributed by atoms with Crippen LogP contribution in [0.5, 0.6) is 11.8 Å². The van der Waals surface area contributed by atoms with Gasteiger partial charge >= 0.3 is 6.09 Å². The molecule has 1 atom stereocenters. The minimum Gasteiger partial charge on any atom is -0.481 e. The quantitative estimate of drug-likeness (QED) is 0.532. The van der Waals surface area contributed by atoms with E-state index in [0.717, 1.165) is 35.7 Å². The summed E-state index contributed by atoms with van der Waals surface area (Å²) in [6, 6.07) is 3.45.